The predicted octanol–water partition coefficient (Wildman–Crippen LogP) is 3.99. The van der Waals surface area contributed by atoms with E-state index in [0.29, 0.717) is 5.92 Å². The van der Waals surface area contributed by atoms with Gasteiger partial charge in [0.05, 0.1) is 0 Å². The van der Waals surface area contributed by atoms with Crippen LogP contribution in [0.5, 0.6) is 0 Å². The average Bonchev–Trinajstić information content (AvgIpc) is 2.38. The molecule has 1 aromatic heterocycles. The highest BCUT2D eigenvalue weighted by atomic mass is 79.9. The van der Waals surface area contributed by atoms with Crippen LogP contribution in [-0.2, 0) is 0 Å². The Morgan fingerprint density at radius 1 is 1.44 bits per heavy atom. The molecule has 1 atom stereocenters. The van der Waals surface area contributed by atoms with Crippen molar-refractivity contribution in [2.45, 2.75) is 46.0 Å². The van der Waals surface area contributed by atoms with Crippen LogP contribution in [0.4, 0.5) is 5.82 Å². The smallest absolute Gasteiger partial charge is 0.134 e. The fourth-order valence-electron chi connectivity index (χ4n) is 2.45. The summed E-state index contributed by atoms with van der Waals surface area (Å²) in [5, 5.41) is 0. The first-order valence-electron chi connectivity index (χ1n) is 6.89. The van der Waals surface area contributed by atoms with Crippen LogP contribution in [0.25, 0.3) is 0 Å². The highest BCUT2D eigenvalue weighted by Crippen LogP contribution is 2.26. The van der Waals surface area contributed by atoms with E-state index in [4.69, 9.17) is 4.98 Å². The maximum Gasteiger partial charge on any atom is 0.134 e. The number of anilines is 1. The molecule has 1 aliphatic heterocycles. The first kappa shape index (κ1) is 13.8. The maximum absolute atomic E-state index is 4.71. The normalized spacial score (nSPS) is 20.5. The summed E-state index contributed by atoms with van der Waals surface area (Å²) in [5.41, 5.74) is 0. The van der Waals surface area contributed by atoms with Crippen molar-refractivity contribution in [3.05, 3.63) is 16.5 Å². The zero-order chi connectivity index (χ0) is 13.1. The Morgan fingerprint density at radius 2 is 2.22 bits per heavy atom. The summed E-state index contributed by atoms with van der Waals surface area (Å²) in [5.74, 6) is 3.19. The maximum atomic E-state index is 4.71. The molecule has 0 N–H and O–H groups in total. The second-order valence-electron chi connectivity index (χ2n) is 5.42. The second kappa shape index (κ2) is 6.00. The van der Waals surface area contributed by atoms with Gasteiger partial charge in [0.1, 0.15) is 16.2 Å². The summed E-state index contributed by atoms with van der Waals surface area (Å²) in [7, 11) is 0. The molecule has 3 nitrogen and oxygen atoms in total. The number of rotatable bonds is 3. The van der Waals surface area contributed by atoms with Crippen LogP contribution in [0.2, 0.25) is 0 Å². The minimum atomic E-state index is 0.369. The first-order valence-corrected chi connectivity index (χ1v) is 7.69. The molecule has 2 heterocycles. The molecule has 0 radical (unpaired) electrons. The fraction of sp³-hybridized carbons (Fsp3) is 0.714. The molecule has 0 amide bonds. The summed E-state index contributed by atoms with van der Waals surface area (Å²) in [6.45, 7) is 8.81. The van der Waals surface area contributed by atoms with Crippen LogP contribution in [0.15, 0.2) is 10.7 Å². The van der Waals surface area contributed by atoms with Crippen molar-refractivity contribution in [1.29, 1.82) is 0 Å². The van der Waals surface area contributed by atoms with E-state index < -0.39 is 0 Å². The number of piperidine rings is 1. The van der Waals surface area contributed by atoms with Crippen LogP contribution in [0.3, 0.4) is 0 Å². The average molecular weight is 312 g/mol. The molecule has 0 aromatic carbocycles. The molecule has 0 bridgehead atoms. The van der Waals surface area contributed by atoms with Crippen molar-refractivity contribution in [2.24, 2.45) is 5.92 Å². The van der Waals surface area contributed by atoms with Gasteiger partial charge in [-0.25, -0.2) is 9.97 Å². The molecule has 1 unspecified atom stereocenters. The Morgan fingerprint density at radius 3 is 2.89 bits per heavy atom. The van der Waals surface area contributed by atoms with Gasteiger partial charge in [-0.3, -0.25) is 0 Å². The van der Waals surface area contributed by atoms with E-state index in [1.807, 2.05) is 6.07 Å². The molecule has 2 rings (SSSR count). The van der Waals surface area contributed by atoms with E-state index in [0.717, 1.165) is 35.3 Å². The van der Waals surface area contributed by atoms with Gasteiger partial charge in [-0.1, -0.05) is 27.2 Å². The van der Waals surface area contributed by atoms with Crippen LogP contribution < -0.4 is 4.90 Å². The lowest BCUT2D eigenvalue weighted by atomic mass is 9.96. The quantitative estimate of drug-likeness (QED) is 0.790. The number of hydrogen-bond donors (Lipinski definition) is 0. The van der Waals surface area contributed by atoms with Crippen molar-refractivity contribution < 1.29 is 0 Å². The number of hydrogen-bond acceptors (Lipinski definition) is 3. The third-order valence-corrected chi connectivity index (χ3v) is 4.04. The van der Waals surface area contributed by atoms with Crippen LogP contribution >= 0.6 is 15.9 Å². The lowest BCUT2D eigenvalue weighted by Crippen LogP contribution is -2.36. The van der Waals surface area contributed by atoms with E-state index >= 15 is 0 Å². The number of aromatic nitrogens is 2. The van der Waals surface area contributed by atoms with E-state index in [1.165, 1.54) is 19.3 Å². The first-order chi connectivity index (χ1) is 8.60. The molecule has 1 saturated heterocycles. The lowest BCUT2D eigenvalue weighted by molar-refractivity contribution is 0.402. The highest BCUT2D eigenvalue weighted by molar-refractivity contribution is 9.10. The van der Waals surface area contributed by atoms with E-state index in [2.05, 4.69) is 46.6 Å². The van der Waals surface area contributed by atoms with Gasteiger partial charge in [0.25, 0.3) is 0 Å². The fourth-order valence-corrected chi connectivity index (χ4v) is 2.84. The van der Waals surface area contributed by atoms with Crippen molar-refractivity contribution in [2.75, 3.05) is 18.0 Å². The van der Waals surface area contributed by atoms with Crippen molar-refractivity contribution in [3.63, 3.8) is 0 Å². The Balaban J connectivity index is 2.21. The van der Waals surface area contributed by atoms with Gasteiger partial charge in [0, 0.05) is 25.1 Å². The summed E-state index contributed by atoms with van der Waals surface area (Å²) >= 11 is 3.50. The molecule has 100 valence electrons. The van der Waals surface area contributed by atoms with Crippen LogP contribution in [-0.4, -0.2) is 23.1 Å². The Kier molecular flexibility index (Phi) is 4.60. The topological polar surface area (TPSA) is 29.0 Å². The standard InChI is InChI=1S/C14H22BrN3/c1-4-11-6-5-7-18(9-11)13-8-12(15)16-14(17-13)10(2)3/h8,10-11H,4-7,9H2,1-3H3. The predicted molar refractivity (Wildman–Crippen MR) is 79.0 cm³/mol. The highest BCUT2D eigenvalue weighted by Gasteiger charge is 2.20. The Bertz CT molecular complexity index is 406. The molecule has 0 saturated carbocycles. The number of halogens is 1. The second-order valence-corrected chi connectivity index (χ2v) is 6.24. The van der Waals surface area contributed by atoms with Gasteiger partial charge < -0.3 is 4.90 Å². The Labute approximate surface area is 118 Å². The third-order valence-electron chi connectivity index (χ3n) is 3.64. The van der Waals surface area contributed by atoms with E-state index in [-0.39, 0.29) is 0 Å². The molecular formula is C14H22BrN3. The van der Waals surface area contributed by atoms with E-state index in [9.17, 15) is 0 Å². The van der Waals surface area contributed by atoms with Crippen molar-refractivity contribution >= 4 is 21.7 Å². The largest absolute Gasteiger partial charge is 0.356 e. The Hall–Kier alpha value is -0.640. The zero-order valence-electron chi connectivity index (χ0n) is 11.5. The zero-order valence-corrected chi connectivity index (χ0v) is 13.1. The molecule has 18 heavy (non-hydrogen) atoms. The minimum Gasteiger partial charge on any atom is -0.356 e. The van der Waals surface area contributed by atoms with Crippen molar-refractivity contribution in [3.8, 4) is 0 Å². The summed E-state index contributed by atoms with van der Waals surface area (Å²) in [6.07, 6.45) is 3.90. The minimum absolute atomic E-state index is 0.369. The van der Waals surface area contributed by atoms with Crippen LogP contribution in [0, 0.1) is 5.92 Å². The van der Waals surface area contributed by atoms with Crippen LogP contribution in [0.1, 0.15) is 51.8 Å². The van der Waals surface area contributed by atoms with Gasteiger partial charge in [0.2, 0.25) is 0 Å². The monoisotopic (exact) mass is 311 g/mol. The molecule has 1 aromatic rings. The van der Waals surface area contributed by atoms with E-state index in [1.54, 1.807) is 0 Å². The SMILES string of the molecule is CCC1CCCN(c2cc(Br)nc(C(C)C)n2)C1. The summed E-state index contributed by atoms with van der Waals surface area (Å²) in [6, 6.07) is 2.05. The number of nitrogens with zero attached hydrogens (tertiary/aromatic N) is 3. The molecule has 0 spiro atoms. The molecular weight excluding hydrogens is 290 g/mol. The summed E-state index contributed by atoms with van der Waals surface area (Å²) in [4.78, 5) is 11.6. The molecule has 4 heteroatoms. The third kappa shape index (κ3) is 3.22. The van der Waals surface area contributed by atoms with Gasteiger partial charge in [0.15, 0.2) is 0 Å². The van der Waals surface area contributed by atoms with Gasteiger partial charge >= 0.3 is 0 Å². The van der Waals surface area contributed by atoms with Gasteiger partial charge in [-0.2, -0.15) is 0 Å². The van der Waals surface area contributed by atoms with Gasteiger partial charge in [-0.05, 0) is 34.7 Å². The summed E-state index contributed by atoms with van der Waals surface area (Å²) < 4.78 is 0.898. The lowest BCUT2D eigenvalue weighted by Gasteiger charge is -2.33. The molecule has 0 aliphatic carbocycles. The van der Waals surface area contributed by atoms with Gasteiger partial charge in [-0.15, -0.1) is 0 Å². The molecule has 1 fully saturated rings. The molecule has 1 aliphatic rings. The van der Waals surface area contributed by atoms with Crippen molar-refractivity contribution in [1.82, 2.24) is 9.97 Å².